The fourth-order valence-electron chi connectivity index (χ4n) is 1.55. The second-order valence-corrected chi connectivity index (χ2v) is 3.91. The molecular weight excluding hydrogens is 240 g/mol. The van der Waals surface area contributed by atoms with Crippen LogP contribution in [0.15, 0.2) is 42.9 Å². The third-order valence-corrected chi connectivity index (χ3v) is 2.57. The highest BCUT2D eigenvalue weighted by atomic mass is 16.1. The zero-order valence-corrected chi connectivity index (χ0v) is 10.2. The van der Waals surface area contributed by atoms with Gasteiger partial charge in [-0.2, -0.15) is 5.26 Å². The van der Waals surface area contributed by atoms with Crippen molar-refractivity contribution >= 4 is 5.91 Å². The Morgan fingerprint density at radius 2 is 2.05 bits per heavy atom. The van der Waals surface area contributed by atoms with Crippen LogP contribution in [0.25, 0.3) is 0 Å². The fraction of sp³-hybridized carbons (Fsp3) is 0.143. The lowest BCUT2D eigenvalue weighted by Gasteiger charge is -2.04. The molecule has 94 valence electrons. The van der Waals surface area contributed by atoms with Crippen LogP contribution in [0.4, 0.5) is 0 Å². The number of nitriles is 1. The summed E-state index contributed by atoms with van der Waals surface area (Å²) in [7, 11) is 0. The number of aromatic nitrogens is 2. The molecule has 0 unspecified atom stereocenters. The van der Waals surface area contributed by atoms with Gasteiger partial charge in [-0.1, -0.05) is 0 Å². The van der Waals surface area contributed by atoms with Crippen LogP contribution in [-0.4, -0.2) is 22.4 Å². The topological polar surface area (TPSA) is 78.7 Å². The third kappa shape index (κ3) is 3.61. The lowest BCUT2D eigenvalue weighted by molar-refractivity contribution is 0.0949. The van der Waals surface area contributed by atoms with Crippen LogP contribution >= 0.6 is 0 Å². The molecule has 0 aromatic carbocycles. The summed E-state index contributed by atoms with van der Waals surface area (Å²) in [6.45, 7) is 0.532. The van der Waals surface area contributed by atoms with Gasteiger partial charge in [-0.05, 0) is 36.2 Å². The Balaban J connectivity index is 1.86. The van der Waals surface area contributed by atoms with Crippen molar-refractivity contribution in [3.8, 4) is 6.07 Å². The Labute approximate surface area is 110 Å². The Bertz CT molecular complexity index is 587. The maximum absolute atomic E-state index is 11.8. The molecule has 2 heterocycles. The highest BCUT2D eigenvalue weighted by molar-refractivity contribution is 5.92. The van der Waals surface area contributed by atoms with Gasteiger partial charge in [0, 0.05) is 25.1 Å². The van der Waals surface area contributed by atoms with Gasteiger partial charge in [0.2, 0.25) is 0 Å². The van der Waals surface area contributed by atoms with Gasteiger partial charge >= 0.3 is 0 Å². The lowest BCUT2D eigenvalue weighted by atomic mass is 10.2. The molecule has 0 saturated carbocycles. The SMILES string of the molecule is N#Cc1ccc(C(=O)NCCc2ccncc2)nc1. The first-order chi connectivity index (χ1) is 9.29. The Kier molecular flexibility index (Phi) is 4.19. The first kappa shape index (κ1) is 12.7. The average molecular weight is 252 g/mol. The minimum atomic E-state index is -0.237. The van der Waals surface area contributed by atoms with Gasteiger partial charge in [-0.15, -0.1) is 0 Å². The second kappa shape index (κ2) is 6.26. The van der Waals surface area contributed by atoms with Gasteiger partial charge in [-0.25, -0.2) is 4.98 Å². The zero-order chi connectivity index (χ0) is 13.5. The fourth-order valence-corrected chi connectivity index (χ4v) is 1.55. The smallest absolute Gasteiger partial charge is 0.269 e. The van der Waals surface area contributed by atoms with Crippen LogP contribution in [0.5, 0.6) is 0 Å². The molecule has 1 amide bonds. The van der Waals surface area contributed by atoms with E-state index in [0.717, 1.165) is 12.0 Å². The number of amides is 1. The molecule has 0 aliphatic carbocycles. The largest absolute Gasteiger partial charge is 0.350 e. The van der Waals surface area contributed by atoms with Gasteiger partial charge < -0.3 is 5.32 Å². The molecule has 5 nitrogen and oxygen atoms in total. The predicted molar refractivity (Wildman–Crippen MR) is 69.2 cm³/mol. The van der Waals surface area contributed by atoms with Gasteiger partial charge in [0.15, 0.2) is 0 Å². The molecule has 0 fully saturated rings. The molecule has 0 radical (unpaired) electrons. The van der Waals surface area contributed by atoms with Gasteiger partial charge in [0.1, 0.15) is 11.8 Å². The van der Waals surface area contributed by atoms with Crippen molar-refractivity contribution in [2.24, 2.45) is 0 Å². The number of hydrogen-bond acceptors (Lipinski definition) is 4. The van der Waals surface area contributed by atoms with E-state index < -0.39 is 0 Å². The molecule has 2 rings (SSSR count). The summed E-state index contributed by atoms with van der Waals surface area (Å²) in [5, 5.41) is 11.4. The number of carbonyl (C=O) groups excluding carboxylic acids is 1. The van der Waals surface area contributed by atoms with Crippen molar-refractivity contribution < 1.29 is 4.79 Å². The van der Waals surface area contributed by atoms with Crippen molar-refractivity contribution in [1.82, 2.24) is 15.3 Å². The first-order valence-electron chi connectivity index (χ1n) is 5.83. The summed E-state index contributed by atoms with van der Waals surface area (Å²) in [6, 6.07) is 8.89. The summed E-state index contributed by atoms with van der Waals surface area (Å²) >= 11 is 0. The van der Waals surface area contributed by atoms with Crippen LogP contribution < -0.4 is 5.32 Å². The quantitative estimate of drug-likeness (QED) is 0.890. The Morgan fingerprint density at radius 3 is 2.68 bits per heavy atom. The molecule has 2 aromatic rings. The molecule has 19 heavy (non-hydrogen) atoms. The molecule has 2 aromatic heterocycles. The molecule has 0 aliphatic rings. The standard InChI is InChI=1S/C14H12N4O/c15-9-12-1-2-13(18-10-12)14(19)17-8-5-11-3-6-16-7-4-11/h1-4,6-7,10H,5,8H2,(H,17,19). The number of pyridine rings is 2. The van der Waals surface area contributed by atoms with Crippen LogP contribution in [-0.2, 0) is 6.42 Å². The van der Waals surface area contributed by atoms with E-state index >= 15 is 0 Å². The van der Waals surface area contributed by atoms with Crippen LogP contribution in [0.2, 0.25) is 0 Å². The molecule has 5 heteroatoms. The van der Waals surface area contributed by atoms with E-state index in [-0.39, 0.29) is 5.91 Å². The summed E-state index contributed by atoms with van der Waals surface area (Å²) < 4.78 is 0. The normalized spacial score (nSPS) is 9.63. The molecule has 0 saturated heterocycles. The zero-order valence-electron chi connectivity index (χ0n) is 10.2. The van der Waals surface area contributed by atoms with Crippen molar-refractivity contribution in [1.29, 1.82) is 5.26 Å². The Hall–Kier alpha value is -2.74. The minimum Gasteiger partial charge on any atom is -0.350 e. The van der Waals surface area contributed by atoms with E-state index in [1.54, 1.807) is 24.5 Å². The predicted octanol–water partition coefficient (Wildman–Crippen LogP) is 1.32. The monoisotopic (exact) mass is 252 g/mol. The van der Waals surface area contributed by atoms with E-state index in [1.165, 1.54) is 6.20 Å². The number of carbonyl (C=O) groups is 1. The number of rotatable bonds is 4. The molecule has 0 atom stereocenters. The lowest BCUT2D eigenvalue weighted by Crippen LogP contribution is -2.26. The molecule has 0 spiro atoms. The highest BCUT2D eigenvalue weighted by Gasteiger charge is 2.06. The van der Waals surface area contributed by atoms with Gasteiger partial charge in [0.05, 0.1) is 5.56 Å². The van der Waals surface area contributed by atoms with Crippen LogP contribution in [0.3, 0.4) is 0 Å². The van der Waals surface area contributed by atoms with E-state index in [4.69, 9.17) is 5.26 Å². The summed E-state index contributed by atoms with van der Waals surface area (Å²) in [5.74, 6) is -0.237. The van der Waals surface area contributed by atoms with Crippen molar-refractivity contribution in [3.05, 3.63) is 59.7 Å². The molecule has 0 bridgehead atoms. The maximum Gasteiger partial charge on any atom is 0.269 e. The van der Waals surface area contributed by atoms with Crippen LogP contribution in [0.1, 0.15) is 21.6 Å². The minimum absolute atomic E-state index is 0.237. The maximum atomic E-state index is 11.8. The Morgan fingerprint density at radius 1 is 1.26 bits per heavy atom. The molecule has 0 aliphatic heterocycles. The van der Waals surface area contributed by atoms with E-state index in [1.807, 2.05) is 18.2 Å². The third-order valence-electron chi connectivity index (χ3n) is 2.57. The van der Waals surface area contributed by atoms with E-state index in [9.17, 15) is 4.79 Å². The molecular formula is C14H12N4O. The summed E-state index contributed by atoms with van der Waals surface area (Å²) in [4.78, 5) is 19.6. The highest BCUT2D eigenvalue weighted by Crippen LogP contribution is 2.00. The second-order valence-electron chi connectivity index (χ2n) is 3.91. The number of nitrogens with zero attached hydrogens (tertiary/aromatic N) is 3. The van der Waals surface area contributed by atoms with E-state index in [2.05, 4.69) is 15.3 Å². The summed E-state index contributed by atoms with van der Waals surface area (Å²) in [6.07, 6.45) is 5.57. The van der Waals surface area contributed by atoms with Crippen molar-refractivity contribution in [2.45, 2.75) is 6.42 Å². The number of nitrogens with one attached hydrogen (secondary N) is 1. The first-order valence-corrected chi connectivity index (χ1v) is 5.83. The van der Waals surface area contributed by atoms with Crippen LogP contribution in [0, 0.1) is 11.3 Å². The number of hydrogen-bond donors (Lipinski definition) is 1. The van der Waals surface area contributed by atoms with Crippen molar-refractivity contribution in [2.75, 3.05) is 6.54 Å². The average Bonchev–Trinajstić information content (AvgIpc) is 2.48. The van der Waals surface area contributed by atoms with Gasteiger partial charge in [-0.3, -0.25) is 9.78 Å². The molecule has 1 N–H and O–H groups in total. The summed E-state index contributed by atoms with van der Waals surface area (Å²) in [5.41, 5.74) is 1.87. The van der Waals surface area contributed by atoms with E-state index in [0.29, 0.717) is 17.8 Å². The van der Waals surface area contributed by atoms with Crippen molar-refractivity contribution in [3.63, 3.8) is 0 Å². The van der Waals surface area contributed by atoms with Gasteiger partial charge in [0.25, 0.3) is 5.91 Å².